The van der Waals surface area contributed by atoms with E-state index >= 15 is 0 Å². The Bertz CT molecular complexity index is 914. The Hall–Kier alpha value is -2.73. The van der Waals surface area contributed by atoms with E-state index in [0.29, 0.717) is 5.92 Å². The summed E-state index contributed by atoms with van der Waals surface area (Å²) in [6, 6.07) is 16.3. The molecule has 1 saturated heterocycles. The second-order valence-corrected chi connectivity index (χ2v) is 9.20. The minimum atomic E-state index is -1.30. The molecule has 0 radical (unpaired) electrons. The molecule has 172 valence electrons. The smallest absolute Gasteiger partial charge is 0.252 e. The van der Waals surface area contributed by atoms with E-state index in [4.69, 9.17) is 0 Å². The number of alkyl halides is 1. The maximum absolute atomic E-state index is 14.3. The van der Waals surface area contributed by atoms with E-state index in [0.717, 1.165) is 11.1 Å². The summed E-state index contributed by atoms with van der Waals surface area (Å²) in [5, 5.41) is 13.2. The zero-order valence-electron chi connectivity index (χ0n) is 19.2. The lowest BCUT2D eigenvalue weighted by molar-refractivity contribution is -0.147. The molecule has 1 aliphatic heterocycles. The molecule has 2 N–H and O–H groups in total. The van der Waals surface area contributed by atoms with Crippen LogP contribution >= 0.6 is 0 Å². The fraction of sp³-hybridized carbons (Fsp3) is 0.462. The van der Waals surface area contributed by atoms with Crippen molar-refractivity contribution in [2.45, 2.75) is 64.4 Å². The Morgan fingerprint density at radius 2 is 1.53 bits per heavy atom. The summed E-state index contributed by atoms with van der Waals surface area (Å²) in [5.74, 6) is -0.948. The maximum atomic E-state index is 14.3. The van der Waals surface area contributed by atoms with Gasteiger partial charge >= 0.3 is 0 Å². The number of hydrogen-bond acceptors (Lipinski definition) is 3. The van der Waals surface area contributed by atoms with Crippen LogP contribution in [0.25, 0.3) is 0 Å². The number of hydrogen-bond donors (Lipinski definition) is 2. The number of halogens is 1. The molecule has 2 aromatic carbocycles. The fourth-order valence-corrected chi connectivity index (χ4v) is 4.05. The largest absolute Gasteiger partial charge is 0.383 e. The van der Waals surface area contributed by atoms with Gasteiger partial charge in [0.1, 0.15) is 18.3 Å². The first-order valence-corrected chi connectivity index (χ1v) is 11.3. The molecule has 2 amide bonds. The highest BCUT2D eigenvalue weighted by Crippen LogP contribution is 2.27. The standard InChI is InChI=1S/C26H33FN2O3/c1-16(2)18-10-12-20(13-11-18)23(19-8-6-5-7-9-19)28-25(31)22-14-21(27)15-29(22)26(32)24(30)17(3)4/h5-13,16-17,21-24,30H,14-15H2,1-4H3,(H,28,31)/t21-,22+,23+,24?/m1/s1. The number of carbonyl (C=O) groups excluding carboxylic acids is 2. The van der Waals surface area contributed by atoms with E-state index < -0.39 is 36.2 Å². The SMILES string of the molecule is CC(C)c1ccc([C@@H](NC(=O)[C@@H]2C[C@@H](F)CN2C(=O)C(O)C(C)C)c2ccccc2)cc1. The minimum Gasteiger partial charge on any atom is -0.383 e. The molecular weight excluding hydrogens is 407 g/mol. The molecule has 3 rings (SSSR count). The van der Waals surface area contributed by atoms with Crippen LogP contribution in [-0.2, 0) is 9.59 Å². The van der Waals surface area contributed by atoms with Gasteiger partial charge in [0.25, 0.3) is 5.91 Å². The van der Waals surface area contributed by atoms with Crippen LogP contribution < -0.4 is 5.32 Å². The predicted octanol–water partition coefficient (Wildman–Crippen LogP) is 3.97. The van der Waals surface area contributed by atoms with Gasteiger partial charge < -0.3 is 15.3 Å². The molecular formula is C26H33FN2O3. The maximum Gasteiger partial charge on any atom is 0.252 e. The summed E-state index contributed by atoms with van der Waals surface area (Å²) in [5.41, 5.74) is 3.00. The summed E-state index contributed by atoms with van der Waals surface area (Å²) in [6.45, 7) is 7.49. The number of benzene rings is 2. The van der Waals surface area contributed by atoms with Crippen molar-refractivity contribution >= 4 is 11.8 Å². The van der Waals surface area contributed by atoms with Crippen molar-refractivity contribution in [2.75, 3.05) is 6.54 Å². The van der Waals surface area contributed by atoms with Gasteiger partial charge in [-0.05, 0) is 28.5 Å². The summed E-state index contributed by atoms with van der Waals surface area (Å²) in [7, 11) is 0. The van der Waals surface area contributed by atoms with Crippen molar-refractivity contribution in [2.24, 2.45) is 5.92 Å². The third kappa shape index (κ3) is 5.36. The van der Waals surface area contributed by atoms with Crippen LogP contribution in [0.3, 0.4) is 0 Å². The van der Waals surface area contributed by atoms with Crippen LogP contribution in [0, 0.1) is 5.92 Å². The number of aliphatic hydroxyl groups is 1. The molecule has 6 heteroatoms. The monoisotopic (exact) mass is 440 g/mol. The van der Waals surface area contributed by atoms with E-state index in [2.05, 4.69) is 19.2 Å². The molecule has 0 bridgehead atoms. The van der Waals surface area contributed by atoms with E-state index in [1.807, 2.05) is 54.6 Å². The molecule has 1 unspecified atom stereocenters. The highest BCUT2D eigenvalue weighted by atomic mass is 19.1. The highest BCUT2D eigenvalue weighted by Gasteiger charge is 2.42. The van der Waals surface area contributed by atoms with E-state index in [1.165, 1.54) is 10.5 Å². The first kappa shape index (κ1) is 23.9. The Morgan fingerprint density at radius 1 is 0.969 bits per heavy atom. The molecule has 5 nitrogen and oxygen atoms in total. The van der Waals surface area contributed by atoms with Gasteiger partial charge in [-0.3, -0.25) is 9.59 Å². The van der Waals surface area contributed by atoms with Crippen LogP contribution in [0.15, 0.2) is 54.6 Å². The molecule has 0 aliphatic carbocycles. The van der Waals surface area contributed by atoms with Gasteiger partial charge in [0.15, 0.2) is 0 Å². The number of nitrogens with zero attached hydrogens (tertiary/aromatic N) is 1. The normalized spacial score (nSPS) is 20.4. The lowest BCUT2D eigenvalue weighted by Gasteiger charge is -2.29. The molecule has 1 fully saturated rings. The van der Waals surface area contributed by atoms with Gasteiger partial charge in [0.2, 0.25) is 5.91 Å². The van der Waals surface area contributed by atoms with Crippen LogP contribution in [0.2, 0.25) is 0 Å². The van der Waals surface area contributed by atoms with Crippen molar-refractivity contribution < 1.29 is 19.1 Å². The van der Waals surface area contributed by atoms with Crippen molar-refractivity contribution in [1.82, 2.24) is 10.2 Å². The summed E-state index contributed by atoms with van der Waals surface area (Å²) in [6.07, 6.45) is -2.63. The molecule has 0 aromatic heterocycles. The van der Waals surface area contributed by atoms with Gasteiger partial charge in [-0.15, -0.1) is 0 Å². The van der Waals surface area contributed by atoms with Crippen LogP contribution in [0.1, 0.15) is 62.8 Å². The van der Waals surface area contributed by atoms with Crippen molar-refractivity contribution in [3.8, 4) is 0 Å². The Morgan fingerprint density at radius 3 is 2.09 bits per heavy atom. The van der Waals surface area contributed by atoms with Gasteiger partial charge in [0.05, 0.1) is 12.6 Å². The van der Waals surface area contributed by atoms with Crippen molar-refractivity contribution in [3.05, 3.63) is 71.3 Å². The molecule has 0 saturated carbocycles. The van der Waals surface area contributed by atoms with E-state index in [9.17, 15) is 19.1 Å². The average Bonchev–Trinajstić information content (AvgIpc) is 3.18. The number of amides is 2. The quantitative estimate of drug-likeness (QED) is 0.685. The Kier molecular flexibility index (Phi) is 7.67. The van der Waals surface area contributed by atoms with Crippen LogP contribution in [0.5, 0.6) is 0 Å². The van der Waals surface area contributed by atoms with Crippen LogP contribution in [-0.4, -0.2) is 46.7 Å². The second kappa shape index (κ2) is 10.3. The topological polar surface area (TPSA) is 69.6 Å². The zero-order valence-corrected chi connectivity index (χ0v) is 19.2. The number of rotatable bonds is 7. The molecule has 1 heterocycles. The fourth-order valence-electron chi connectivity index (χ4n) is 4.05. The van der Waals surface area contributed by atoms with Crippen molar-refractivity contribution in [3.63, 3.8) is 0 Å². The van der Waals surface area contributed by atoms with Gasteiger partial charge in [-0.2, -0.15) is 0 Å². The Balaban J connectivity index is 1.86. The summed E-state index contributed by atoms with van der Waals surface area (Å²) < 4.78 is 14.3. The first-order chi connectivity index (χ1) is 15.2. The molecule has 0 spiro atoms. The van der Waals surface area contributed by atoms with Crippen LogP contribution in [0.4, 0.5) is 4.39 Å². The zero-order chi connectivity index (χ0) is 23.4. The number of nitrogens with one attached hydrogen (secondary N) is 1. The number of likely N-dealkylation sites (tertiary alicyclic amines) is 1. The average molecular weight is 441 g/mol. The molecule has 2 aromatic rings. The summed E-state index contributed by atoms with van der Waals surface area (Å²) >= 11 is 0. The number of carbonyl (C=O) groups is 2. The lowest BCUT2D eigenvalue weighted by atomic mass is 9.95. The summed E-state index contributed by atoms with van der Waals surface area (Å²) in [4.78, 5) is 27.2. The first-order valence-electron chi connectivity index (χ1n) is 11.3. The third-order valence-electron chi connectivity index (χ3n) is 6.08. The minimum absolute atomic E-state index is 0.0732. The molecule has 32 heavy (non-hydrogen) atoms. The van der Waals surface area contributed by atoms with Gasteiger partial charge in [0, 0.05) is 6.42 Å². The predicted molar refractivity (Wildman–Crippen MR) is 123 cm³/mol. The lowest BCUT2D eigenvalue weighted by Crippen LogP contribution is -2.50. The van der Waals surface area contributed by atoms with Crippen molar-refractivity contribution in [1.29, 1.82) is 0 Å². The van der Waals surface area contributed by atoms with Gasteiger partial charge in [-0.25, -0.2) is 4.39 Å². The third-order valence-corrected chi connectivity index (χ3v) is 6.08. The Labute approximate surface area is 189 Å². The second-order valence-electron chi connectivity index (χ2n) is 9.20. The van der Waals surface area contributed by atoms with E-state index in [1.54, 1.807) is 13.8 Å². The van der Waals surface area contributed by atoms with Gasteiger partial charge in [-0.1, -0.05) is 82.3 Å². The number of aliphatic hydroxyl groups excluding tert-OH is 1. The molecule has 1 aliphatic rings. The highest BCUT2D eigenvalue weighted by molar-refractivity contribution is 5.90. The molecule has 4 atom stereocenters. The van der Waals surface area contributed by atoms with E-state index in [-0.39, 0.29) is 18.9 Å².